The molecular formula is C16H21BrN2O3. The molecule has 0 atom stereocenters. The average molecular weight is 369 g/mol. The summed E-state index contributed by atoms with van der Waals surface area (Å²) < 4.78 is 0.997. The zero-order valence-corrected chi connectivity index (χ0v) is 14.2. The fraction of sp³-hybridized carbons (Fsp3) is 0.500. The van der Waals surface area contributed by atoms with Crippen molar-refractivity contribution in [1.29, 1.82) is 0 Å². The van der Waals surface area contributed by atoms with E-state index in [1.165, 1.54) is 0 Å². The number of carbonyl (C=O) groups excluding carboxylic acids is 1. The number of benzene rings is 1. The Kier molecular flexibility index (Phi) is 5.97. The van der Waals surface area contributed by atoms with Crippen LogP contribution in [0.4, 0.5) is 0 Å². The molecule has 22 heavy (non-hydrogen) atoms. The van der Waals surface area contributed by atoms with E-state index >= 15 is 0 Å². The number of carbonyl (C=O) groups is 2. The van der Waals surface area contributed by atoms with Crippen molar-refractivity contribution in [3.8, 4) is 0 Å². The SMILES string of the molecule is CCN(CC(=O)O)C1CC(NC(=O)Cc2ccc(Br)cc2)C1. The molecule has 1 aromatic carbocycles. The van der Waals surface area contributed by atoms with Gasteiger partial charge in [0.25, 0.3) is 0 Å². The lowest BCUT2D eigenvalue weighted by Crippen LogP contribution is -2.55. The molecule has 1 amide bonds. The van der Waals surface area contributed by atoms with Gasteiger partial charge >= 0.3 is 5.97 Å². The summed E-state index contributed by atoms with van der Waals surface area (Å²) in [5.74, 6) is -0.781. The van der Waals surface area contributed by atoms with Gasteiger partial charge in [-0.25, -0.2) is 0 Å². The Bertz CT molecular complexity index is 527. The highest BCUT2D eigenvalue weighted by molar-refractivity contribution is 9.10. The smallest absolute Gasteiger partial charge is 0.317 e. The van der Waals surface area contributed by atoms with E-state index in [0.29, 0.717) is 6.42 Å². The third-order valence-electron chi connectivity index (χ3n) is 4.02. The van der Waals surface area contributed by atoms with E-state index in [4.69, 9.17) is 5.11 Å². The fourth-order valence-corrected chi connectivity index (χ4v) is 3.01. The van der Waals surface area contributed by atoms with Gasteiger partial charge in [-0.15, -0.1) is 0 Å². The maximum Gasteiger partial charge on any atom is 0.317 e. The molecule has 1 aromatic rings. The third-order valence-corrected chi connectivity index (χ3v) is 4.55. The topological polar surface area (TPSA) is 69.6 Å². The van der Waals surface area contributed by atoms with Crippen LogP contribution in [0, 0.1) is 0 Å². The molecule has 1 aliphatic rings. The normalized spacial score (nSPS) is 20.5. The second kappa shape index (κ2) is 7.74. The van der Waals surface area contributed by atoms with Crippen LogP contribution in [0.5, 0.6) is 0 Å². The van der Waals surface area contributed by atoms with Crippen LogP contribution in [0.25, 0.3) is 0 Å². The number of nitrogens with zero attached hydrogens (tertiary/aromatic N) is 1. The molecule has 0 radical (unpaired) electrons. The van der Waals surface area contributed by atoms with Crippen molar-refractivity contribution in [2.75, 3.05) is 13.1 Å². The van der Waals surface area contributed by atoms with E-state index in [1.54, 1.807) is 0 Å². The summed E-state index contributed by atoms with van der Waals surface area (Å²) in [4.78, 5) is 24.7. The molecule has 0 heterocycles. The first-order valence-electron chi connectivity index (χ1n) is 7.47. The van der Waals surface area contributed by atoms with Gasteiger partial charge < -0.3 is 10.4 Å². The van der Waals surface area contributed by atoms with Crippen molar-refractivity contribution in [1.82, 2.24) is 10.2 Å². The standard InChI is InChI=1S/C16H21BrN2O3/c1-2-19(10-16(21)22)14-8-13(9-14)18-15(20)7-11-3-5-12(17)6-4-11/h3-6,13-14H,2,7-10H2,1H3,(H,18,20)(H,21,22). The van der Waals surface area contributed by atoms with Gasteiger partial charge in [0, 0.05) is 16.6 Å². The van der Waals surface area contributed by atoms with Crippen LogP contribution in [0.2, 0.25) is 0 Å². The van der Waals surface area contributed by atoms with E-state index in [9.17, 15) is 9.59 Å². The lowest BCUT2D eigenvalue weighted by Gasteiger charge is -2.42. The Balaban J connectivity index is 1.73. The summed E-state index contributed by atoms with van der Waals surface area (Å²) in [5.41, 5.74) is 0.984. The Morgan fingerprint density at radius 2 is 1.95 bits per heavy atom. The number of hydrogen-bond acceptors (Lipinski definition) is 3. The van der Waals surface area contributed by atoms with Gasteiger partial charge in [0.1, 0.15) is 0 Å². The third kappa shape index (κ3) is 4.81. The Hall–Kier alpha value is -1.40. The number of hydrogen-bond donors (Lipinski definition) is 2. The molecule has 1 saturated carbocycles. The lowest BCUT2D eigenvalue weighted by molar-refractivity contribution is -0.139. The van der Waals surface area contributed by atoms with Crippen molar-refractivity contribution in [3.05, 3.63) is 34.3 Å². The molecule has 0 bridgehead atoms. The van der Waals surface area contributed by atoms with Crippen LogP contribution in [-0.4, -0.2) is 47.1 Å². The van der Waals surface area contributed by atoms with Crippen LogP contribution in [0.1, 0.15) is 25.3 Å². The molecule has 0 spiro atoms. The number of rotatable bonds is 7. The Morgan fingerprint density at radius 3 is 2.50 bits per heavy atom. The van der Waals surface area contributed by atoms with Gasteiger partial charge in [-0.3, -0.25) is 14.5 Å². The minimum absolute atomic E-state index is 0.0204. The van der Waals surface area contributed by atoms with Gasteiger partial charge in [0.15, 0.2) is 0 Å². The van der Waals surface area contributed by atoms with Gasteiger partial charge in [0.2, 0.25) is 5.91 Å². The second-order valence-electron chi connectivity index (χ2n) is 5.65. The highest BCUT2D eigenvalue weighted by Gasteiger charge is 2.34. The van der Waals surface area contributed by atoms with Gasteiger partial charge in [-0.1, -0.05) is 35.0 Å². The van der Waals surface area contributed by atoms with Crippen molar-refractivity contribution < 1.29 is 14.7 Å². The summed E-state index contributed by atoms with van der Waals surface area (Å²) in [6.45, 7) is 2.75. The van der Waals surface area contributed by atoms with Gasteiger partial charge in [0.05, 0.1) is 13.0 Å². The predicted molar refractivity (Wildman–Crippen MR) is 87.7 cm³/mol. The Labute approximate surface area is 138 Å². The van der Waals surface area contributed by atoms with Crippen LogP contribution in [0.3, 0.4) is 0 Å². The van der Waals surface area contributed by atoms with Gasteiger partial charge in [-0.2, -0.15) is 0 Å². The average Bonchev–Trinajstić information content (AvgIpc) is 2.42. The number of carboxylic acid groups (broad SMARTS) is 1. The highest BCUT2D eigenvalue weighted by atomic mass is 79.9. The summed E-state index contributed by atoms with van der Waals surface area (Å²) in [6, 6.07) is 8.13. The van der Waals surface area contributed by atoms with Crippen molar-refractivity contribution in [3.63, 3.8) is 0 Å². The first-order chi connectivity index (χ1) is 10.5. The number of halogens is 1. The number of likely N-dealkylation sites (N-methyl/N-ethyl adjacent to an activating group) is 1. The number of nitrogens with one attached hydrogen (secondary N) is 1. The molecule has 120 valence electrons. The van der Waals surface area contributed by atoms with Crippen LogP contribution < -0.4 is 5.32 Å². The van der Waals surface area contributed by atoms with E-state index in [1.807, 2.05) is 36.1 Å². The molecule has 5 nitrogen and oxygen atoms in total. The molecule has 0 aliphatic heterocycles. The van der Waals surface area contributed by atoms with E-state index in [-0.39, 0.29) is 24.5 Å². The second-order valence-corrected chi connectivity index (χ2v) is 6.57. The van der Waals surface area contributed by atoms with Crippen LogP contribution in [-0.2, 0) is 16.0 Å². The molecule has 2 rings (SSSR count). The number of aliphatic carboxylic acids is 1. The first kappa shape index (κ1) is 17.0. The quantitative estimate of drug-likeness (QED) is 0.772. The largest absolute Gasteiger partial charge is 0.480 e. The van der Waals surface area contributed by atoms with Crippen LogP contribution >= 0.6 is 15.9 Å². The predicted octanol–water partition coefficient (Wildman–Crippen LogP) is 2.05. The molecular weight excluding hydrogens is 348 g/mol. The zero-order valence-electron chi connectivity index (χ0n) is 12.6. The summed E-state index contributed by atoms with van der Waals surface area (Å²) >= 11 is 3.37. The molecule has 2 N–H and O–H groups in total. The summed E-state index contributed by atoms with van der Waals surface area (Å²) in [5, 5.41) is 11.9. The van der Waals surface area contributed by atoms with E-state index in [2.05, 4.69) is 21.2 Å². The van der Waals surface area contributed by atoms with Crippen molar-refractivity contribution in [2.24, 2.45) is 0 Å². The van der Waals surface area contributed by atoms with E-state index < -0.39 is 5.97 Å². The van der Waals surface area contributed by atoms with Gasteiger partial charge in [-0.05, 0) is 37.1 Å². The summed E-state index contributed by atoms with van der Waals surface area (Å²) in [6.07, 6.45) is 2.03. The molecule has 6 heteroatoms. The number of amides is 1. The molecule has 0 unspecified atom stereocenters. The maximum absolute atomic E-state index is 12.0. The minimum Gasteiger partial charge on any atom is -0.480 e. The fourth-order valence-electron chi connectivity index (χ4n) is 2.74. The summed E-state index contributed by atoms with van der Waals surface area (Å²) in [7, 11) is 0. The molecule has 1 fully saturated rings. The van der Waals surface area contributed by atoms with Crippen molar-refractivity contribution in [2.45, 2.75) is 38.3 Å². The molecule has 0 saturated heterocycles. The van der Waals surface area contributed by atoms with Crippen LogP contribution in [0.15, 0.2) is 28.7 Å². The number of carboxylic acids is 1. The highest BCUT2D eigenvalue weighted by Crippen LogP contribution is 2.25. The monoisotopic (exact) mass is 368 g/mol. The van der Waals surface area contributed by atoms with Crippen molar-refractivity contribution >= 4 is 27.8 Å². The molecule has 0 aromatic heterocycles. The maximum atomic E-state index is 12.0. The Morgan fingerprint density at radius 1 is 1.32 bits per heavy atom. The first-order valence-corrected chi connectivity index (χ1v) is 8.27. The van der Waals surface area contributed by atoms with E-state index in [0.717, 1.165) is 29.4 Å². The molecule has 1 aliphatic carbocycles. The zero-order chi connectivity index (χ0) is 16.1. The minimum atomic E-state index is -0.801. The lowest BCUT2D eigenvalue weighted by atomic mass is 9.85.